The summed E-state index contributed by atoms with van der Waals surface area (Å²) in [6.45, 7) is -1.86. The lowest BCUT2D eigenvalue weighted by Crippen LogP contribution is -2.17. The lowest BCUT2D eigenvalue weighted by Gasteiger charge is -2.14. The molecule has 2 aromatic rings. The van der Waals surface area contributed by atoms with Gasteiger partial charge < -0.3 is 18.9 Å². The number of anilines is 1. The van der Waals surface area contributed by atoms with E-state index in [9.17, 15) is 27.4 Å². The zero-order chi connectivity index (χ0) is 20.1. The molecule has 15 heteroatoms. The van der Waals surface area contributed by atoms with Gasteiger partial charge in [0.2, 0.25) is 0 Å². The fourth-order valence-electron chi connectivity index (χ4n) is 1.84. The van der Waals surface area contributed by atoms with Crippen molar-refractivity contribution in [1.82, 2.24) is 19.5 Å². The van der Waals surface area contributed by atoms with E-state index in [0.29, 0.717) is 5.65 Å². The number of methoxy groups -OCH3 is 1. The van der Waals surface area contributed by atoms with Gasteiger partial charge in [0.1, 0.15) is 12.7 Å². The number of rotatable bonds is 8. The molecule has 0 aliphatic rings. The summed E-state index contributed by atoms with van der Waals surface area (Å²) < 4.78 is 62.2. The summed E-state index contributed by atoms with van der Waals surface area (Å²) in [7, 11) is -3.34. The first-order valence-corrected chi connectivity index (χ1v) is 8.99. The van der Waals surface area contributed by atoms with E-state index in [4.69, 9.17) is 4.74 Å². The molecule has 2 aromatic heterocycles. The Bertz CT molecular complexity index is 845. The molecule has 1 atom stereocenters. The summed E-state index contributed by atoms with van der Waals surface area (Å²) in [6, 6.07) is 0. The second-order valence-corrected chi connectivity index (χ2v) is 6.80. The van der Waals surface area contributed by atoms with Crippen molar-refractivity contribution in [3.05, 3.63) is 12.7 Å². The van der Waals surface area contributed by atoms with E-state index >= 15 is 0 Å². The third-order valence-electron chi connectivity index (χ3n) is 2.97. The molecule has 2 rings (SSSR count). The van der Waals surface area contributed by atoms with Crippen LogP contribution in [0, 0.1) is 0 Å². The van der Waals surface area contributed by atoms with Crippen molar-refractivity contribution in [1.29, 1.82) is 0 Å². The molecule has 0 fully saturated rings. The second kappa shape index (κ2) is 8.61. The average Bonchev–Trinajstić information content (AvgIpc) is 3.01. The highest BCUT2D eigenvalue weighted by atomic mass is 31.2. The Balaban J connectivity index is 1.91. The molecule has 150 valence electrons. The molecule has 0 bridgehead atoms. The van der Waals surface area contributed by atoms with E-state index in [1.165, 1.54) is 24.3 Å². The lowest BCUT2D eigenvalue weighted by atomic mass is 10.5. The highest BCUT2D eigenvalue weighted by molar-refractivity contribution is 7.52. The maximum atomic E-state index is 12.0. The van der Waals surface area contributed by atoms with E-state index in [-0.39, 0.29) is 24.5 Å². The molecule has 0 radical (unpaired) electrons. The number of fused-ring (bicyclic) bond motifs is 1. The van der Waals surface area contributed by atoms with Crippen LogP contribution in [0.5, 0.6) is 0 Å². The molecule has 0 aliphatic carbocycles. The van der Waals surface area contributed by atoms with Crippen LogP contribution in [0.4, 0.5) is 23.8 Å². The van der Waals surface area contributed by atoms with Gasteiger partial charge in [0.25, 0.3) is 0 Å². The van der Waals surface area contributed by atoms with Gasteiger partial charge in [0.05, 0.1) is 20.0 Å². The number of carbonyl (C=O) groups is 1. The largest absolute Gasteiger partial charge is 0.453 e. The molecule has 2 N–H and O–H groups in total. The van der Waals surface area contributed by atoms with Crippen LogP contribution in [0.3, 0.4) is 0 Å². The van der Waals surface area contributed by atoms with E-state index in [0.717, 1.165) is 0 Å². The summed E-state index contributed by atoms with van der Waals surface area (Å²) in [5.41, 5.74) is 0.602. The van der Waals surface area contributed by atoms with E-state index in [1.54, 1.807) is 0 Å². The Kier molecular flexibility index (Phi) is 6.70. The molecule has 0 saturated carbocycles. The van der Waals surface area contributed by atoms with Crippen LogP contribution < -0.4 is 5.32 Å². The monoisotopic (exact) mass is 413 g/mol. The Morgan fingerprint density at radius 2 is 2.11 bits per heavy atom. The minimum atomic E-state index is -4.72. The number of carbonyl (C=O) groups excluding carboxylic acids is 1. The van der Waals surface area contributed by atoms with Crippen LogP contribution in [0.2, 0.25) is 0 Å². The Labute approximate surface area is 150 Å². The van der Waals surface area contributed by atoms with Crippen molar-refractivity contribution in [3.8, 4) is 0 Å². The summed E-state index contributed by atoms with van der Waals surface area (Å²) in [4.78, 5) is 32.5. The molecule has 2 heterocycles. The topological polar surface area (TPSA) is 138 Å². The number of alkyl halides is 3. The SMILES string of the molecule is COC(=O)Nc1ncnc2c1ncn2CCOCP(=O)(O)OCC(F)(F)F. The van der Waals surface area contributed by atoms with E-state index in [1.807, 2.05) is 0 Å². The Hall–Kier alpha value is -2.28. The molecule has 0 spiro atoms. The van der Waals surface area contributed by atoms with Crippen LogP contribution in [-0.2, 0) is 25.1 Å². The lowest BCUT2D eigenvalue weighted by molar-refractivity contribution is -0.155. The summed E-state index contributed by atoms with van der Waals surface area (Å²) in [5.74, 6) is 0.118. The predicted octanol–water partition coefficient (Wildman–Crippen LogP) is 1.74. The van der Waals surface area contributed by atoms with E-state index in [2.05, 4.69) is 29.5 Å². The highest BCUT2D eigenvalue weighted by Gasteiger charge is 2.32. The van der Waals surface area contributed by atoms with Crippen LogP contribution >= 0.6 is 7.60 Å². The standard InChI is InChI=1S/C12H15F3N5O6P/c1-24-11(21)19-9-8-10(17-5-16-9)20(6-18-8)2-3-25-7-27(22,23)26-4-12(13,14)15/h5-6H,2-4,7H2,1H3,(H,22,23)(H,16,17,19,21). The number of nitrogens with zero attached hydrogens (tertiary/aromatic N) is 4. The minimum Gasteiger partial charge on any atom is -0.453 e. The smallest absolute Gasteiger partial charge is 0.412 e. The van der Waals surface area contributed by atoms with Gasteiger partial charge in [-0.15, -0.1) is 0 Å². The average molecular weight is 413 g/mol. The van der Waals surface area contributed by atoms with Gasteiger partial charge >= 0.3 is 19.9 Å². The van der Waals surface area contributed by atoms with Crippen molar-refractivity contribution in [2.24, 2.45) is 0 Å². The van der Waals surface area contributed by atoms with Crippen molar-refractivity contribution in [3.63, 3.8) is 0 Å². The van der Waals surface area contributed by atoms with Gasteiger partial charge in [-0.3, -0.25) is 14.4 Å². The van der Waals surface area contributed by atoms with Gasteiger partial charge in [-0.1, -0.05) is 0 Å². The van der Waals surface area contributed by atoms with Crippen LogP contribution in [0.25, 0.3) is 11.2 Å². The maximum Gasteiger partial charge on any atom is 0.412 e. The van der Waals surface area contributed by atoms with E-state index < -0.39 is 32.8 Å². The molecule has 0 aliphatic heterocycles. The fourth-order valence-corrected chi connectivity index (χ4v) is 2.62. The molecule has 11 nitrogen and oxygen atoms in total. The van der Waals surface area contributed by atoms with Gasteiger partial charge in [-0.2, -0.15) is 13.2 Å². The first-order chi connectivity index (χ1) is 12.6. The summed E-state index contributed by atoms with van der Waals surface area (Å²) in [6.07, 6.45) is -3.82. The molecular weight excluding hydrogens is 398 g/mol. The van der Waals surface area contributed by atoms with Crippen LogP contribution in [0.15, 0.2) is 12.7 Å². The first-order valence-electron chi connectivity index (χ1n) is 7.23. The highest BCUT2D eigenvalue weighted by Crippen LogP contribution is 2.43. The number of nitrogens with one attached hydrogen (secondary N) is 1. The minimum absolute atomic E-state index is 0.116. The van der Waals surface area contributed by atoms with Crippen molar-refractivity contribution >= 4 is 30.7 Å². The summed E-state index contributed by atoms with van der Waals surface area (Å²) in [5, 5.41) is 2.36. The molecule has 27 heavy (non-hydrogen) atoms. The number of ether oxygens (including phenoxy) is 2. The number of imidazole rings is 1. The number of aromatic nitrogens is 4. The van der Waals surface area contributed by atoms with Crippen LogP contribution in [0.1, 0.15) is 0 Å². The van der Waals surface area contributed by atoms with Crippen molar-refractivity contribution in [2.45, 2.75) is 12.7 Å². The molecule has 0 saturated heterocycles. The number of hydrogen-bond donors (Lipinski definition) is 2. The molecule has 1 amide bonds. The van der Waals surface area contributed by atoms with Gasteiger partial charge in [-0.05, 0) is 0 Å². The third-order valence-corrected chi connectivity index (χ3v) is 4.01. The number of hydrogen-bond acceptors (Lipinski definition) is 8. The second-order valence-electron chi connectivity index (χ2n) is 5.01. The maximum absolute atomic E-state index is 12.0. The zero-order valence-corrected chi connectivity index (χ0v) is 14.7. The van der Waals surface area contributed by atoms with Gasteiger partial charge in [0, 0.05) is 6.54 Å². The van der Waals surface area contributed by atoms with Crippen molar-refractivity contribution in [2.75, 3.05) is 32.0 Å². The molecule has 0 aromatic carbocycles. The summed E-state index contributed by atoms with van der Waals surface area (Å²) >= 11 is 0. The van der Waals surface area contributed by atoms with Gasteiger partial charge in [-0.25, -0.2) is 19.7 Å². The molecule has 1 unspecified atom stereocenters. The fraction of sp³-hybridized carbons (Fsp3) is 0.500. The first kappa shape index (κ1) is 21.0. The Morgan fingerprint density at radius 3 is 2.78 bits per heavy atom. The van der Waals surface area contributed by atoms with Gasteiger partial charge in [0.15, 0.2) is 23.6 Å². The quantitative estimate of drug-likeness (QED) is 0.490. The predicted molar refractivity (Wildman–Crippen MR) is 84.0 cm³/mol. The van der Waals surface area contributed by atoms with Crippen LogP contribution in [-0.4, -0.2) is 63.4 Å². The normalized spacial score (nSPS) is 14.1. The Morgan fingerprint density at radius 1 is 1.37 bits per heavy atom. The molecular formula is C12H15F3N5O6P. The van der Waals surface area contributed by atoms with Crippen molar-refractivity contribution < 1.29 is 41.4 Å². The number of halogens is 3. The third kappa shape index (κ3) is 6.43. The number of amides is 1. The zero-order valence-electron chi connectivity index (χ0n) is 13.8.